The van der Waals surface area contributed by atoms with Gasteiger partial charge in [0, 0.05) is 11.0 Å². The van der Waals surface area contributed by atoms with Gasteiger partial charge >= 0.3 is 0 Å². The predicted molar refractivity (Wildman–Crippen MR) is 50.7 cm³/mol. The van der Waals surface area contributed by atoms with Crippen LogP contribution in [0.4, 0.5) is 0 Å². The minimum absolute atomic E-state index is 0.131. The molecule has 2 saturated carbocycles. The zero-order valence-corrected chi connectivity index (χ0v) is 7.71. The topological polar surface area (TPSA) is 17.1 Å². The van der Waals surface area contributed by atoms with Crippen molar-refractivity contribution in [2.24, 2.45) is 11.3 Å². The van der Waals surface area contributed by atoms with Gasteiger partial charge in [-0.25, -0.2) is 0 Å². The Bertz CT molecular complexity index is 386. The van der Waals surface area contributed by atoms with E-state index in [1.54, 1.807) is 0 Å². The quantitative estimate of drug-likeness (QED) is 0.627. The van der Waals surface area contributed by atoms with Crippen LogP contribution < -0.4 is 0 Å². The second-order valence-corrected chi connectivity index (χ2v) is 4.41. The van der Waals surface area contributed by atoms with Crippen LogP contribution in [-0.2, 0) is 0 Å². The fourth-order valence-electron chi connectivity index (χ4n) is 2.17. The Balaban J connectivity index is 2.00. The van der Waals surface area contributed by atoms with E-state index in [2.05, 4.69) is 0 Å². The standard InChI is InChI=1S/C12H12O/c1-8-4-2-3-5-10(8)11(13)12-6-9(12)7-12/h2-5,9H,6-7H2,1H3. The van der Waals surface area contributed by atoms with Crippen molar-refractivity contribution < 1.29 is 4.79 Å². The summed E-state index contributed by atoms with van der Waals surface area (Å²) < 4.78 is 0. The molecule has 1 aromatic rings. The van der Waals surface area contributed by atoms with Gasteiger partial charge in [-0.15, -0.1) is 0 Å². The van der Waals surface area contributed by atoms with Gasteiger partial charge in [-0.2, -0.15) is 0 Å². The minimum Gasteiger partial charge on any atom is -0.294 e. The molecule has 2 aliphatic rings. The number of carbonyl (C=O) groups excluding carboxylic acids is 1. The van der Waals surface area contributed by atoms with Crippen LogP contribution in [0.25, 0.3) is 0 Å². The van der Waals surface area contributed by atoms with Crippen LogP contribution in [0.5, 0.6) is 0 Å². The lowest BCUT2D eigenvalue weighted by Gasteiger charge is -2.05. The molecule has 0 N–H and O–H groups in total. The van der Waals surface area contributed by atoms with E-state index in [4.69, 9.17) is 0 Å². The highest BCUT2D eigenvalue weighted by Crippen LogP contribution is 2.76. The molecule has 0 bridgehead atoms. The first-order valence-electron chi connectivity index (χ1n) is 4.84. The molecule has 0 aliphatic heterocycles. The van der Waals surface area contributed by atoms with Gasteiger partial charge in [-0.3, -0.25) is 4.79 Å². The number of fused-ring (bicyclic) bond motifs is 1. The van der Waals surface area contributed by atoms with E-state index in [0.717, 1.165) is 29.9 Å². The number of rotatable bonds is 2. The molecule has 2 fully saturated rings. The molecule has 1 nitrogen and oxygen atoms in total. The van der Waals surface area contributed by atoms with Gasteiger partial charge in [0.1, 0.15) is 0 Å². The summed E-state index contributed by atoms with van der Waals surface area (Å²) in [5, 5.41) is 0. The summed E-state index contributed by atoms with van der Waals surface area (Å²) in [6, 6.07) is 7.92. The van der Waals surface area contributed by atoms with Crippen molar-refractivity contribution in [3.63, 3.8) is 0 Å². The Morgan fingerprint density at radius 2 is 2.00 bits per heavy atom. The smallest absolute Gasteiger partial charge is 0.169 e. The number of benzene rings is 1. The van der Waals surface area contributed by atoms with Crippen molar-refractivity contribution in [2.75, 3.05) is 0 Å². The first-order chi connectivity index (χ1) is 6.24. The van der Waals surface area contributed by atoms with Crippen LogP contribution in [0.2, 0.25) is 0 Å². The van der Waals surface area contributed by atoms with Gasteiger partial charge in [0.25, 0.3) is 0 Å². The predicted octanol–water partition coefficient (Wildman–Crippen LogP) is 2.59. The first-order valence-corrected chi connectivity index (χ1v) is 4.84. The molecule has 0 aromatic heterocycles. The molecule has 0 unspecified atom stereocenters. The number of carbonyl (C=O) groups is 1. The minimum atomic E-state index is 0.131. The Labute approximate surface area is 77.8 Å². The number of Topliss-reactive ketones (excluding diaryl/α,β-unsaturated/α-hetero) is 1. The lowest BCUT2D eigenvalue weighted by Crippen LogP contribution is -2.08. The number of hydrogen-bond acceptors (Lipinski definition) is 1. The highest BCUT2D eigenvalue weighted by atomic mass is 16.1. The fraction of sp³-hybridized carbons (Fsp3) is 0.417. The zero-order chi connectivity index (χ0) is 9.05. The largest absolute Gasteiger partial charge is 0.294 e. The summed E-state index contributed by atoms with van der Waals surface area (Å²) in [6.45, 7) is 2.02. The summed E-state index contributed by atoms with van der Waals surface area (Å²) in [5.41, 5.74) is 2.20. The van der Waals surface area contributed by atoms with Gasteiger partial charge in [-0.1, -0.05) is 24.3 Å². The molecule has 1 aromatic carbocycles. The maximum absolute atomic E-state index is 12.0. The monoisotopic (exact) mass is 172 g/mol. The first kappa shape index (κ1) is 7.31. The molecule has 2 aliphatic carbocycles. The van der Waals surface area contributed by atoms with E-state index in [9.17, 15) is 4.79 Å². The van der Waals surface area contributed by atoms with Crippen LogP contribution in [0.3, 0.4) is 0 Å². The van der Waals surface area contributed by atoms with Crippen molar-refractivity contribution in [3.05, 3.63) is 35.4 Å². The van der Waals surface area contributed by atoms with Gasteiger partial charge in [0.05, 0.1) is 0 Å². The summed E-state index contributed by atoms with van der Waals surface area (Å²) in [4.78, 5) is 12.0. The third kappa shape index (κ3) is 0.846. The van der Waals surface area contributed by atoms with Crippen molar-refractivity contribution >= 4 is 5.78 Å². The van der Waals surface area contributed by atoms with Crippen LogP contribution in [0.1, 0.15) is 28.8 Å². The lowest BCUT2D eigenvalue weighted by atomic mass is 9.97. The zero-order valence-electron chi connectivity index (χ0n) is 7.71. The van der Waals surface area contributed by atoms with Gasteiger partial charge in [0.15, 0.2) is 5.78 Å². The molecular weight excluding hydrogens is 160 g/mol. The fourth-order valence-corrected chi connectivity index (χ4v) is 2.17. The molecule has 1 heteroatoms. The van der Waals surface area contributed by atoms with Crippen molar-refractivity contribution in [2.45, 2.75) is 19.8 Å². The van der Waals surface area contributed by atoms with Crippen LogP contribution in [0, 0.1) is 18.3 Å². The van der Waals surface area contributed by atoms with Crippen LogP contribution >= 0.6 is 0 Å². The summed E-state index contributed by atoms with van der Waals surface area (Å²) in [6.07, 6.45) is 2.31. The summed E-state index contributed by atoms with van der Waals surface area (Å²) >= 11 is 0. The third-order valence-electron chi connectivity index (χ3n) is 3.52. The average molecular weight is 172 g/mol. The number of ketones is 1. The van der Waals surface area contributed by atoms with E-state index in [-0.39, 0.29) is 5.41 Å². The molecule has 13 heavy (non-hydrogen) atoms. The van der Waals surface area contributed by atoms with E-state index in [1.165, 1.54) is 0 Å². The number of hydrogen-bond donors (Lipinski definition) is 0. The highest BCUT2D eigenvalue weighted by Gasteiger charge is 2.74. The van der Waals surface area contributed by atoms with E-state index < -0.39 is 0 Å². The van der Waals surface area contributed by atoms with E-state index in [1.807, 2.05) is 31.2 Å². The van der Waals surface area contributed by atoms with Crippen molar-refractivity contribution in [1.29, 1.82) is 0 Å². The Kier molecular flexibility index (Phi) is 1.14. The molecule has 0 amide bonds. The number of aryl methyl sites for hydroxylation is 1. The lowest BCUT2D eigenvalue weighted by molar-refractivity contribution is 0.0936. The van der Waals surface area contributed by atoms with E-state index >= 15 is 0 Å². The molecular formula is C12H12O. The molecule has 0 radical (unpaired) electrons. The second-order valence-electron chi connectivity index (χ2n) is 4.41. The van der Waals surface area contributed by atoms with Crippen molar-refractivity contribution in [3.8, 4) is 0 Å². The SMILES string of the molecule is Cc1ccccc1C(=O)C12CC1C2. The Hall–Kier alpha value is -1.11. The molecule has 0 heterocycles. The van der Waals surface area contributed by atoms with Gasteiger partial charge < -0.3 is 0 Å². The maximum atomic E-state index is 12.0. The molecule has 66 valence electrons. The van der Waals surface area contributed by atoms with Crippen LogP contribution in [0.15, 0.2) is 24.3 Å². The molecule has 3 rings (SSSR count). The van der Waals surface area contributed by atoms with Crippen LogP contribution in [-0.4, -0.2) is 5.78 Å². The van der Waals surface area contributed by atoms with Crippen molar-refractivity contribution in [1.82, 2.24) is 0 Å². The average Bonchev–Trinajstić information content (AvgIpc) is 2.90. The summed E-state index contributed by atoms with van der Waals surface area (Å²) in [7, 11) is 0. The molecule has 0 saturated heterocycles. The Morgan fingerprint density at radius 3 is 2.54 bits per heavy atom. The summed E-state index contributed by atoms with van der Waals surface area (Å²) in [5.74, 6) is 1.15. The molecule has 0 spiro atoms. The second kappa shape index (κ2) is 2.03. The maximum Gasteiger partial charge on any atom is 0.169 e. The molecule has 0 atom stereocenters. The van der Waals surface area contributed by atoms with Gasteiger partial charge in [-0.05, 0) is 31.2 Å². The highest BCUT2D eigenvalue weighted by molar-refractivity contribution is 6.06. The Morgan fingerprint density at radius 1 is 1.38 bits per heavy atom. The van der Waals surface area contributed by atoms with Gasteiger partial charge in [0.2, 0.25) is 0 Å². The normalized spacial score (nSPS) is 33.8. The van der Waals surface area contributed by atoms with E-state index in [0.29, 0.717) is 5.78 Å². The third-order valence-corrected chi connectivity index (χ3v) is 3.52.